The van der Waals surface area contributed by atoms with Crippen LogP contribution < -0.4 is 0 Å². The predicted molar refractivity (Wildman–Crippen MR) is 217 cm³/mol. The minimum atomic E-state index is 0.904. The normalized spacial score (nSPS) is 12.3. The van der Waals surface area contributed by atoms with Gasteiger partial charge in [-0.3, -0.25) is 0 Å². The zero-order valence-corrected chi connectivity index (χ0v) is 28.1. The van der Waals surface area contributed by atoms with E-state index in [0.717, 1.165) is 54.8 Å². The Hall–Kier alpha value is -6.42. The summed E-state index contributed by atoms with van der Waals surface area (Å²) in [5.41, 5.74) is 8.46. The summed E-state index contributed by atoms with van der Waals surface area (Å²) in [4.78, 5) is 0. The number of fused-ring (bicyclic) bond motifs is 14. The third-order valence-electron chi connectivity index (χ3n) is 10.9. The van der Waals surface area contributed by atoms with E-state index in [9.17, 15) is 0 Å². The first kappa shape index (κ1) is 27.4. The van der Waals surface area contributed by atoms with Crippen molar-refractivity contribution in [1.82, 2.24) is 0 Å². The summed E-state index contributed by atoms with van der Waals surface area (Å²) in [6.45, 7) is 0. The van der Waals surface area contributed by atoms with Gasteiger partial charge < -0.3 is 8.83 Å². The largest absolute Gasteiger partial charge is 0.456 e. The van der Waals surface area contributed by atoms with Gasteiger partial charge in [0.05, 0.1) is 0 Å². The number of hydrogen-bond donors (Lipinski definition) is 0. The van der Waals surface area contributed by atoms with Gasteiger partial charge >= 0.3 is 0 Å². The molecule has 0 saturated carbocycles. The smallest absolute Gasteiger partial charge is 0.143 e. The second kappa shape index (κ2) is 10.1. The lowest BCUT2D eigenvalue weighted by Gasteiger charge is -2.17. The summed E-state index contributed by atoms with van der Waals surface area (Å²) in [5, 5.41) is 14.5. The first-order valence-electron chi connectivity index (χ1n) is 17.3. The zero-order valence-electron chi connectivity index (χ0n) is 27.2. The van der Waals surface area contributed by atoms with Gasteiger partial charge in [0, 0.05) is 47.1 Å². The van der Waals surface area contributed by atoms with Crippen LogP contribution in [-0.2, 0) is 0 Å². The van der Waals surface area contributed by atoms with Gasteiger partial charge in [-0.15, -0.1) is 11.3 Å². The summed E-state index contributed by atoms with van der Waals surface area (Å²) in [6.07, 6.45) is 0. The fourth-order valence-corrected chi connectivity index (χ4v) is 9.77. The van der Waals surface area contributed by atoms with Crippen molar-refractivity contribution >= 4 is 108 Å². The molecule has 9 aromatic carbocycles. The fourth-order valence-electron chi connectivity index (χ4n) is 8.65. The number of rotatable bonds is 2. The van der Waals surface area contributed by atoms with Crippen molar-refractivity contribution in [3.63, 3.8) is 0 Å². The van der Waals surface area contributed by atoms with Gasteiger partial charge in [0.1, 0.15) is 22.3 Å². The van der Waals surface area contributed by atoms with Gasteiger partial charge in [-0.25, -0.2) is 0 Å². The Bertz CT molecular complexity index is 3370. The maximum atomic E-state index is 6.70. The predicted octanol–water partition coefficient (Wildman–Crippen LogP) is 14.6. The maximum absolute atomic E-state index is 6.70. The van der Waals surface area contributed by atoms with Crippen molar-refractivity contribution in [2.45, 2.75) is 0 Å². The van der Waals surface area contributed by atoms with Gasteiger partial charge in [0.15, 0.2) is 0 Å². The number of benzene rings is 9. The van der Waals surface area contributed by atoms with E-state index in [-0.39, 0.29) is 0 Å². The molecular formula is C48H26O2S. The highest BCUT2D eigenvalue weighted by atomic mass is 32.1. The van der Waals surface area contributed by atoms with Crippen LogP contribution in [0.4, 0.5) is 0 Å². The molecule has 0 N–H and O–H groups in total. The molecule has 3 aromatic heterocycles. The van der Waals surface area contributed by atoms with Crippen molar-refractivity contribution in [2.75, 3.05) is 0 Å². The molecule has 0 spiro atoms. The molecule has 0 aliphatic rings. The topological polar surface area (TPSA) is 26.3 Å². The van der Waals surface area contributed by atoms with E-state index in [1.165, 1.54) is 63.8 Å². The molecule has 0 bridgehead atoms. The average molecular weight is 667 g/mol. The molecule has 3 heteroatoms. The Morgan fingerprint density at radius 1 is 0.314 bits per heavy atom. The molecule has 3 heterocycles. The van der Waals surface area contributed by atoms with Crippen LogP contribution in [0.1, 0.15) is 0 Å². The van der Waals surface area contributed by atoms with Gasteiger partial charge in [0.25, 0.3) is 0 Å². The third kappa shape index (κ3) is 3.76. The van der Waals surface area contributed by atoms with Gasteiger partial charge in [-0.2, -0.15) is 0 Å². The van der Waals surface area contributed by atoms with E-state index in [1.807, 2.05) is 23.5 Å². The Kier molecular flexibility index (Phi) is 5.41. The van der Waals surface area contributed by atoms with E-state index in [0.29, 0.717) is 0 Å². The molecule has 0 saturated heterocycles. The summed E-state index contributed by atoms with van der Waals surface area (Å²) >= 11 is 1.85. The van der Waals surface area contributed by atoms with Gasteiger partial charge in [-0.1, -0.05) is 103 Å². The summed E-state index contributed by atoms with van der Waals surface area (Å²) in [5.74, 6) is 0. The zero-order chi connectivity index (χ0) is 33.2. The van der Waals surface area contributed by atoms with E-state index in [4.69, 9.17) is 8.83 Å². The molecule has 0 aliphatic carbocycles. The van der Waals surface area contributed by atoms with Crippen LogP contribution in [0.5, 0.6) is 0 Å². The van der Waals surface area contributed by atoms with Crippen molar-refractivity contribution in [2.24, 2.45) is 0 Å². The Labute approximate surface area is 295 Å². The number of furan rings is 2. The lowest BCUT2D eigenvalue weighted by Crippen LogP contribution is -1.90. The van der Waals surface area contributed by atoms with Gasteiger partial charge in [0.2, 0.25) is 0 Å². The highest BCUT2D eigenvalue weighted by molar-refractivity contribution is 7.26. The third-order valence-corrected chi connectivity index (χ3v) is 12.0. The Morgan fingerprint density at radius 2 is 0.843 bits per heavy atom. The molecule has 236 valence electrons. The van der Waals surface area contributed by atoms with E-state index in [1.54, 1.807) is 0 Å². The quantitative estimate of drug-likeness (QED) is 0.172. The molecule has 0 atom stereocenters. The minimum Gasteiger partial charge on any atom is -0.456 e. The maximum Gasteiger partial charge on any atom is 0.143 e. The molecule has 0 radical (unpaired) electrons. The first-order valence-corrected chi connectivity index (χ1v) is 18.1. The molecule has 12 rings (SSSR count). The lowest BCUT2D eigenvalue weighted by molar-refractivity contribution is 0.669. The Balaban J connectivity index is 1.10. The molecule has 0 unspecified atom stereocenters. The SMILES string of the molecule is c1ccc2c(c1)oc1cc(-c3c4ccccc4c(-c4ccc5oc6c(ccc7c6ccc6sc8ccccc8c67)c5c4)c4ccccc34)ccc12. The first-order chi connectivity index (χ1) is 25.3. The number of para-hydroxylation sites is 1. The fraction of sp³-hybridized carbons (Fsp3) is 0. The highest BCUT2D eigenvalue weighted by Crippen LogP contribution is 2.47. The van der Waals surface area contributed by atoms with Crippen molar-refractivity contribution in [3.8, 4) is 22.3 Å². The van der Waals surface area contributed by atoms with Gasteiger partial charge in [-0.05, 0) is 104 Å². The number of thiophene rings is 1. The van der Waals surface area contributed by atoms with Crippen LogP contribution in [0.3, 0.4) is 0 Å². The Morgan fingerprint density at radius 3 is 1.61 bits per heavy atom. The average Bonchev–Trinajstić information content (AvgIpc) is 3.87. The van der Waals surface area contributed by atoms with E-state index >= 15 is 0 Å². The molecule has 0 amide bonds. The van der Waals surface area contributed by atoms with E-state index < -0.39 is 0 Å². The molecule has 51 heavy (non-hydrogen) atoms. The van der Waals surface area contributed by atoms with Crippen LogP contribution in [0.25, 0.3) is 119 Å². The highest BCUT2D eigenvalue weighted by Gasteiger charge is 2.20. The second-order valence-corrected chi connectivity index (χ2v) is 14.6. The summed E-state index contributed by atoms with van der Waals surface area (Å²) in [7, 11) is 0. The van der Waals surface area contributed by atoms with Crippen LogP contribution in [0.15, 0.2) is 167 Å². The van der Waals surface area contributed by atoms with Crippen LogP contribution in [0.2, 0.25) is 0 Å². The molecule has 12 aromatic rings. The van der Waals surface area contributed by atoms with Crippen molar-refractivity contribution < 1.29 is 8.83 Å². The molecular weight excluding hydrogens is 641 g/mol. The lowest BCUT2D eigenvalue weighted by atomic mass is 9.85. The molecule has 2 nitrogen and oxygen atoms in total. The van der Waals surface area contributed by atoms with Crippen molar-refractivity contribution in [1.29, 1.82) is 0 Å². The number of hydrogen-bond acceptors (Lipinski definition) is 3. The van der Waals surface area contributed by atoms with Crippen LogP contribution in [0, 0.1) is 0 Å². The second-order valence-electron chi connectivity index (χ2n) is 13.5. The standard InChI is InChI=1S/C48H26O2S/c1-3-12-33-31(10-1)45(32-11-2-4-13-34(32)46(33)28-17-19-30-29-9-5-7-15-40(29)49-42(30)26-28)27-18-23-41-39(25-27)37-21-20-35-36(48(37)50-41)22-24-44-47(35)38-14-6-8-16-43(38)51-44/h1-26H. The minimum absolute atomic E-state index is 0.904. The molecule has 0 aliphatic heterocycles. The summed E-state index contributed by atoms with van der Waals surface area (Å²) in [6, 6.07) is 57.1. The van der Waals surface area contributed by atoms with Crippen molar-refractivity contribution in [3.05, 3.63) is 158 Å². The monoisotopic (exact) mass is 666 g/mol. The summed E-state index contributed by atoms with van der Waals surface area (Å²) < 4.78 is 15.7. The van der Waals surface area contributed by atoms with Crippen LogP contribution >= 0.6 is 11.3 Å². The van der Waals surface area contributed by atoms with Crippen LogP contribution in [-0.4, -0.2) is 0 Å². The molecule has 0 fully saturated rings. The van der Waals surface area contributed by atoms with E-state index in [2.05, 4.69) is 146 Å².